The summed E-state index contributed by atoms with van der Waals surface area (Å²) in [6, 6.07) is 11.1. The van der Waals surface area contributed by atoms with Crippen LogP contribution >= 0.6 is 0 Å². The van der Waals surface area contributed by atoms with Crippen LogP contribution in [0.15, 0.2) is 62.9 Å². The van der Waals surface area contributed by atoms with Crippen molar-refractivity contribution in [2.45, 2.75) is 26.2 Å². The minimum atomic E-state index is -0.652. The maximum atomic E-state index is 12.5. The molecular weight excluding hydrogens is 396 g/mol. The number of carbonyl (C=O) groups excluding carboxylic acids is 1. The molecule has 158 valence electrons. The van der Waals surface area contributed by atoms with E-state index in [1.165, 1.54) is 12.4 Å². The van der Waals surface area contributed by atoms with Crippen molar-refractivity contribution in [2.75, 3.05) is 6.54 Å². The van der Waals surface area contributed by atoms with Gasteiger partial charge in [-0.05, 0) is 36.6 Å². The van der Waals surface area contributed by atoms with Crippen LogP contribution < -0.4 is 16.5 Å². The number of aromatic amines is 2. The van der Waals surface area contributed by atoms with Crippen molar-refractivity contribution in [3.8, 4) is 0 Å². The Bertz CT molecular complexity index is 1350. The highest BCUT2D eigenvalue weighted by Crippen LogP contribution is 2.19. The van der Waals surface area contributed by atoms with Gasteiger partial charge in [0.05, 0.1) is 6.33 Å². The lowest BCUT2D eigenvalue weighted by molar-refractivity contribution is 0.0949. The Morgan fingerprint density at radius 2 is 1.94 bits per heavy atom. The van der Waals surface area contributed by atoms with Crippen molar-refractivity contribution in [1.29, 1.82) is 0 Å². The molecule has 0 aliphatic heterocycles. The summed E-state index contributed by atoms with van der Waals surface area (Å²) >= 11 is 0. The largest absolute Gasteiger partial charge is 0.427 e. The zero-order chi connectivity index (χ0) is 21.8. The molecule has 0 aliphatic rings. The number of hydrogen-bond donors (Lipinski definition) is 3. The van der Waals surface area contributed by atoms with Crippen molar-refractivity contribution >= 4 is 16.8 Å². The van der Waals surface area contributed by atoms with Gasteiger partial charge >= 0.3 is 5.63 Å². The number of fused-ring (bicyclic) bond motifs is 1. The van der Waals surface area contributed by atoms with Crippen LogP contribution in [-0.4, -0.2) is 27.4 Å². The van der Waals surface area contributed by atoms with Crippen LogP contribution in [0.2, 0.25) is 0 Å². The summed E-state index contributed by atoms with van der Waals surface area (Å²) in [5.41, 5.74) is 2.42. The molecule has 3 aromatic heterocycles. The fourth-order valence-electron chi connectivity index (χ4n) is 3.60. The van der Waals surface area contributed by atoms with Gasteiger partial charge in [-0.2, -0.15) is 0 Å². The molecule has 8 nitrogen and oxygen atoms in total. The standard InChI is InChI=1S/C23H22N4O4/c1-14-10-17(7-6-15-12-25-19-5-3-2-4-18(15)19)31-23(30)21(14)22(29)24-9-8-16-11-20(28)27-13-26-16/h2-5,10-13,25H,6-9H2,1H3,(H,24,29)(H,26,27,28). The SMILES string of the molecule is Cc1cc(CCc2c[nH]c3ccccc23)oc(=O)c1C(=O)NCCc1cc(=O)[nH]cn1. The highest BCUT2D eigenvalue weighted by Gasteiger charge is 2.17. The molecular formula is C23H22N4O4. The molecule has 1 aromatic carbocycles. The van der Waals surface area contributed by atoms with Gasteiger partial charge in [0.2, 0.25) is 0 Å². The van der Waals surface area contributed by atoms with Crippen molar-refractivity contribution in [3.63, 3.8) is 0 Å². The summed E-state index contributed by atoms with van der Waals surface area (Å²) in [4.78, 5) is 45.9. The number of H-pyrrole nitrogens is 2. The zero-order valence-electron chi connectivity index (χ0n) is 17.0. The number of benzene rings is 1. The van der Waals surface area contributed by atoms with Gasteiger partial charge in [0.15, 0.2) is 0 Å². The first-order valence-corrected chi connectivity index (χ1v) is 10.0. The Hall–Kier alpha value is -3.94. The zero-order valence-corrected chi connectivity index (χ0v) is 17.0. The van der Waals surface area contributed by atoms with Crippen molar-refractivity contribution in [3.05, 3.63) is 97.8 Å². The van der Waals surface area contributed by atoms with Gasteiger partial charge in [-0.25, -0.2) is 9.78 Å². The van der Waals surface area contributed by atoms with Gasteiger partial charge < -0.3 is 19.7 Å². The van der Waals surface area contributed by atoms with Gasteiger partial charge in [-0.3, -0.25) is 9.59 Å². The Morgan fingerprint density at radius 3 is 2.74 bits per heavy atom. The average Bonchev–Trinajstić information content (AvgIpc) is 3.15. The van der Waals surface area contributed by atoms with E-state index in [9.17, 15) is 14.4 Å². The van der Waals surface area contributed by atoms with Crippen LogP contribution in [0.3, 0.4) is 0 Å². The molecule has 0 spiro atoms. The summed E-state index contributed by atoms with van der Waals surface area (Å²) in [7, 11) is 0. The number of amides is 1. The molecule has 31 heavy (non-hydrogen) atoms. The molecule has 0 bridgehead atoms. The van der Waals surface area contributed by atoms with Gasteiger partial charge in [0.1, 0.15) is 11.3 Å². The molecule has 0 unspecified atom stereocenters. The lowest BCUT2D eigenvalue weighted by Gasteiger charge is -2.08. The molecule has 3 heterocycles. The van der Waals surface area contributed by atoms with E-state index in [1.54, 1.807) is 13.0 Å². The third kappa shape index (κ3) is 4.63. The number of para-hydroxylation sites is 1. The quantitative estimate of drug-likeness (QED) is 0.425. The van der Waals surface area contributed by atoms with Gasteiger partial charge in [-0.15, -0.1) is 0 Å². The first-order valence-electron chi connectivity index (χ1n) is 10.0. The monoisotopic (exact) mass is 418 g/mol. The van der Waals surface area contributed by atoms with E-state index in [0.717, 1.165) is 16.5 Å². The second-order valence-corrected chi connectivity index (χ2v) is 7.33. The van der Waals surface area contributed by atoms with Crippen molar-refractivity contribution < 1.29 is 9.21 Å². The molecule has 0 fully saturated rings. The number of aromatic nitrogens is 3. The second-order valence-electron chi connectivity index (χ2n) is 7.33. The van der Waals surface area contributed by atoms with Crippen LogP contribution in [0.1, 0.15) is 32.9 Å². The molecule has 0 atom stereocenters. The number of nitrogens with one attached hydrogen (secondary N) is 3. The predicted molar refractivity (Wildman–Crippen MR) is 116 cm³/mol. The summed E-state index contributed by atoms with van der Waals surface area (Å²) < 4.78 is 5.42. The van der Waals surface area contributed by atoms with E-state index in [-0.39, 0.29) is 17.7 Å². The van der Waals surface area contributed by atoms with Crippen LogP contribution in [0.5, 0.6) is 0 Å². The van der Waals surface area contributed by atoms with Crippen molar-refractivity contribution in [2.24, 2.45) is 0 Å². The van der Waals surface area contributed by atoms with Gasteiger partial charge in [0.25, 0.3) is 11.5 Å². The van der Waals surface area contributed by atoms with E-state index >= 15 is 0 Å². The Kier molecular flexibility index (Phi) is 5.79. The minimum absolute atomic E-state index is 0.00490. The topological polar surface area (TPSA) is 121 Å². The summed E-state index contributed by atoms with van der Waals surface area (Å²) in [5, 5.41) is 3.83. The van der Waals surface area contributed by atoms with E-state index in [4.69, 9.17) is 4.42 Å². The fourth-order valence-corrected chi connectivity index (χ4v) is 3.60. The average molecular weight is 418 g/mol. The molecule has 0 saturated carbocycles. The maximum Gasteiger partial charge on any atom is 0.349 e. The molecule has 8 heteroatoms. The fraction of sp³-hybridized carbons (Fsp3) is 0.217. The molecule has 4 rings (SSSR count). The molecule has 4 aromatic rings. The third-order valence-corrected chi connectivity index (χ3v) is 5.14. The van der Waals surface area contributed by atoms with Gasteiger partial charge in [-0.1, -0.05) is 18.2 Å². The Morgan fingerprint density at radius 1 is 1.10 bits per heavy atom. The van der Waals surface area contributed by atoms with E-state index in [1.807, 2.05) is 24.4 Å². The number of hydrogen-bond acceptors (Lipinski definition) is 5. The number of rotatable bonds is 7. The molecule has 3 N–H and O–H groups in total. The van der Waals surface area contributed by atoms with Crippen LogP contribution in [0.25, 0.3) is 10.9 Å². The maximum absolute atomic E-state index is 12.5. The second kappa shape index (κ2) is 8.83. The first-order chi connectivity index (χ1) is 15.0. The summed E-state index contributed by atoms with van der Waals surface area (Å²) in [6.45, 7) is 1.97. The lowest BCUT2D eigenvalue weighted by Crippen LogP contribution is -2.31. The highest BCUT2D eigenvalue weighted by molar-refractivity contribution is 5.95. The minimum Gasteiger partial charge on any atom is -0.427 e. The molecule has 0 saturated heterocycles. The normalized spacial score (nSPS) is 11.0. The smallest absolute Gasteiger partial charge is 0.349 e. The van der Waals surface area contributed by atoms with E-state index < -0.39 is 11.5 Å². The summed E-state index contributed by atoms with van der Waals surface area (Å²) in [6.07, 6.45) is 4.91. The highest BCUT2D eigenvalue weighted by atomic mass is 16.4. The predicted octanol–water partition coefficient (Wildman–Crippen LogP) is 2.27. The number of carbonyl (C=O) groups is 1. The summed E-state index contributed by atoms with van der Waals surface area (Å²) in [5.74, 6) is 0.0383. The first kappa shape index (κ1) is 20.3. The van der Waals surface area contributed by atoms with E-state index in [0.29, 0.717) is 36.3 Å². The molecule has 0 aliphatic carbocycles. The molecule has 0 radical (unpaired) electrons. The van der Waals surface area contributed by atoms with Crippen LogP contribution in [-0.2, 0) is 19.3 Å². The third-order valence-electron chi connectivity index (χ3n) is 5.14. The van der Waals surface area contributed by atoms with Crippen molar-refractivity contribution in [1.82, 2.24) is 20.3 Å². The Balaban J connectivity index is 1.41. The van der Waals surface area contributed by atoms with Crippen LogP contribution in [0.4, 0.5) is 0 Å². The Labute approximate surface area is 177 Å². The molecule has 1 amide bonds. The number of aryl methyl sites for hydroxylation is 3. The van der Waals surface area contributed by atoms with Crippen LogP contribution in [0, 0.1) is 6.92 Å². The van der Waals surface area contributed by atoms with E-state index in [2.05, 4.69) is 26.3 Å². The number of nitrogens with zero attached hydrogens (tertiary/aromatic N) is 1. The lowest BCUT2D eigenvalue weighted by atomic mass is 10.1. The van der Waals surface area contributed by atoms with Gasteiger partial charge in [0, 0.05) is 48.2 Å².